The van der Waals surface area contributed by atoms with Crippen molar-refractivity contribution in [2.45, 2.75) is 19.3 Å². The molecule has 2 heterocycles. The Morgan fingerprint density at radius 1 is 1.50 bits per heavy atom. The smallest absolute Gasteiger partial charge is 0.311 e. The highest BCUT2D eigenvalue weighted by Crippen LogP contribution is 2.43. The molecule has 7 nitrogen and oxygen atoms in total. The van der Waals surface area contributed by atoms with Gasteiger partial charge in [0, 0.05) is 17.5 Å². The van der Waals surface area contributed by atoms with Crippen LogP contribution in [0.25, 0.3) is 0 Å². The lowest BCUT2D eigenvalue weighted by Crippen LogP contribution is -2.31. The molecule has 1 aromatic heterocycles. The Labute approximate surface area is 147 Å². The van der Waals surface area contributed by atoms with E-state index in [0.29, 0.717) is 11.8 Å². The van der Waals surface area contributed by atoms with E-state index < -0.39 is 35.3 Å². The standard InChI is InChI=1S/C17H14F2N4O3/c1-2-25-13(24)6-12-15-14(9-4-3-8(18)5-11(9)19)10(7-20)16(21)26-17(15)23-22-12/h3-5,10,14,21H,2,6H2,1H3,(H,22,23). The summed E-state index contributed by atoms with van der Waals surface area (Å²) in [6.45, 7) is 1.85. The minimum absolute atomic E-state index is 0.0127. The van der Waals surface area contributed by atoms with E-state index in [1.54, 1.807) is 6.92 Å². The molecular weight excluding hydrogens is 346 g/mol. The van der Waals surface area contributed by atoms with Crippen LogP contribution in [-0.4, -0.2) is 28.7 Å². The minimum Gasteiger partial charge on any atom is -0.466 e. The van der Waals surface area contributed by atoms with Crippen molar-refractivity contribution >= 4 is 11.9 Å². The van der Waals surface area contributed by atoms with Crippen LogP contribution in [-0.2, 0) is 16.0 Å². The fourth-order valence-corrected chi connectivity index (χ4v) is 2.97. The zero-order valence-corrected chi connectivity index (χ0v) is 13.7. The zero-order chi connectivity index (χ0) is 18.8. The SMILES string of the molecule is CCOC(=O)Cc1[nH]nc2c1C(c1ccc(F)cc1F)C(C#N)C(=N)O2. The topological polar surface area (TPSA) is 112 Å². The molecule has 2 atom stereocenters. The van der Waals surface area contributed by atoms with Crippen molar-refractivity contribution < 1.29 is 23.0 Å². The van der Waals surface area contributed by atoms with Gasteiger partial charge in [0.15, 0.2) is 0 Å². The Balaban J connectivity index is 2.13. The van der Waals surface area contributed by atoms with Gasteiger partial charge in [0.1, 0.15) is 17.6 Å². The third kappa shape index (κ3) is 3.01. The number of carbonyl (C=O) groups excluding carboxylic acids is 1. The molecule has 2 N–H and O–H groups in total. The van der Waals surface area contributed by atoms with Crippen LogP contribution in [0.2, 0.25) is 0 Å². The van der Waals surface area contributed by atoms with Gasteiger partial charge in [0.2, 0.25) is 11.8 Å². The summed E-state index contributed by atoms with van der Waals surface area (Å²) in [6, 6.07) is 4.89. The lowest BCUT2D eigenvalue weighted by molar-refractivity contribution is -0.142. The lowest BCUT2D eigenvalue weighted by Gasteiger charge is -2.28. The summed E-state index contributed by atoms with van der Waals surface area (Å²) in [5, 5.41) is 23.9. The largest absolute Gasteiger partial charge is 0.466 e. The van der Waals surface area contributed by atoms with Gasteiger partial charge in [-0.05, 0) is 18.6 Å². The molecule has 1 aliphatic heterocycles. The number of halogens is 2. The maximum Gasteiger partial charge on any atom is 0.311 e. The van der Waals surface area contributed by atoms with Gasteiger partial charge < -0.3 is 9.47 Å². The van der Waals surface area contributed by atoms with E-state index in [9.17, 15) is 18.8 Å². The molecule has 134 valence electrons. The Hall–Kier alpha value is -3.28. The van der Waals surface area contributed by atoms with Crippen molar-refractivity contribution in [3.63, 3.8) is 0 Å². The van der Waals surface area contributed by atoms with Gasteiger partial charge in [-0.1, -0.05) is 6.07 Å². The van der Waals surface area contributed by atoms with Crippen molar-refractivity contribution in [3.8, 4) is 11.9 Å². The molecule has 0 spiro atoms. The summed E-state index contributed by atoms with van der Waals surface area (Å²) in [7, 11) is 0. The summed E-state index contributed by atoms with van der Waals surface area (Å²) in [6.07, 6.45) is -0.190. The van der Waals surface area contributed by atoms with Crippen LogP contribution in [0.4, 0.5) is 8.78 Å². The molecule has 2 unspecified atom stereocenters. The molecular formula is C17H14F2N4O3. The van der Waals surface area contributed by atoms with Crippen molar-refractivity contribution in [2.75, 3.05) is 6.61 Å². The van der Waals surface area contributed by atoms with E-state index >= 15 is 0 Å². The number of hydrogen-bond acceptors (Lipinski definition) is 6. The second kappa shape index (κ2) is 6.92. The maximum absolute atomic E-state index is 14.4. The van der Waals surface area contributed by atoms with E-state index in [0.717, 1.165) is 6.07 Å². The lowest BCUT2D eigenvalue weighted by atomic mass is 9.79. The van der Waals surface area contributed by atoms with Crippen LogP contribution in [0.3, 0.4) is 0 Å². The van der Waals surface area contributed by atoms with E-state index in [-0.39, 0.29) is 30.0 Å². The highest BCUT2D eigenvalue weighted by atomic mass is 19.1. The Morgan fingerprint density at radius 3 is 2.92 bits per heavy atom. The van der Waals surface area contributed by atoms with E-state index in [1.165, 1.54) is 6.07 Å². The highest BCUT2D eigenvalue weighted by Gasteiger charge is 2.42. The number of nitrogens with one attached hydrogen (secondary N) is 2. The van der Waals surface area contributed by atoms with Crippen LogP contribution in [0.5, 0.6) is 5.88 Å². The summed E-state index contributed by atoms with van der Waals surface area (Å²) >= 11 is 0. The van der Waals surface area contributed by atoms with Crippen LogP contribution < -0.4 is 4.74 Å². The molecule has 1 aliphatic rings. The number of rotatable bonds is 4. The Kier molecular flexibility index (Phi) is 4.67. The summed E-state index contributed by atoms with van der Waals surface area (Å²) in [5.41, 5.74) is 0.588. The molecule has 0 saturated heterocycles. The van der Waals surface area contributed by atoms with Crippen LogP contribution in [0.1, 0.15) is 29.7 Å². The molecule has 0 radical (unpaired) electrons. The maximum atomic E-state index is 14.4. The first-order valence-electron chi connectivity index (χ1n) is 7.79. The highest BCUT2D eigenvalue weighted by molar-refractivity contribution is 5.85. The van der Waals surface area contributed by atoms with Crippen molar-refractivity contribution in [2.24, 2.45) is 5.92 Å². The van der Waals surface area contributed by atoms with Crippen molar-refractivity contribution in [1.82, 2.24) is 10.2 Å². The van der Waals surface area contributed by atoms with E-state index in [1.807, 2.05) is 6.07 Å². The average molecular weight is 360 g/mol. The third-order valence-corrected chi connectivity index (χ3v) is 4.04. The van der Waals surface area contributed by atoms with Crippen molar-refractivity contribution in [3.05, 3.63) is 46.7 Å². The van der Waals surface area contributed by atoms with E-state index in [2.05, 4.69) is 10.2 Å². The summed E-state index contributed by atoms with van der Waals surface area (Å²) in [4.78, 5) is 11.8. The molecule has 1 aromatic carbocycles. The number of hydrogen-bond donors (Lipinski definition) is 2. The Bertz CT molecular complexity index is 919. The quantitative estimate of drug-likeness (QED) is 0.814. The number of aromatic nitrogens is 2. The van der Waals surface area contributed by atoms with Crippen LogP contribution in [0.15, 0.2) is 18.2 Å². The number of benzene rings is 1. The molecule has 2 aromatic rings. The number of esters is 1. The van der Waals surface area contributed by atoms with Gasteiger partial charge in [-0.2, -0.15) is 5.26 Å². The molecule has 3 rings (SSSR count). The normalized spacial score (nSPS) is 18.6. The fraction of sp³-hybridized carbons (Fsp3) is 0.294. The van der Waals surface area contributed by atoms with Crippen LogP contribution >= 0.6 is 0 Å². The third-order valence-electron chi connectivity index (χ3n) is 4.04. The Morgan fingerprint density at radius 2 is 2.27 bits per heavy atom. The molecule has 26 heavy (non-hydrogen) atoms. The summed E-state index contributed by atoms with van der Waals surface area (Å²) < 4.78 is 37.8. The van der Waals surface area contributed by atoms with Gasteiger partial charge in [-0.3, -0.25) is 15.3 Å². The van der Waals surface area contributed by atoms with Gasteiger partial charge in [0.05, 0.1) is 24.8 Å². The molecule has 0 saturated carbocycles. The fourth-order valence-electron chi connectivity index (χ4n) is 2.97. The predicted octanol–water partition coefficient (Wildman–Crippen LogP) is 2.43. The molecule has 9 heteroatoms. The van der Waals surface area contributed by atoms with Crippen LogP contribution in [0, 0.1) is 34.3 Å². The molecule has 0 fully saturated rings. The van der Waals surface area contributed by atoms with Gasteiger partial charge in [-0.15, -0.1) is 5.10 Å². The number of carbonyl (C=O) groups is 1. The average Bonchev–Trinajstić information content (AvgIpc) is 2.96. The number of fused-ring (bicyclic) bond motifs is 1. The number of ether oxygens (including phenoxy) is 2. The van der Waals surface area contributed by atoms with E-state index in [4.69, 9.17) is 14.9 Å². The van der Waals surface area contributed by atoms with Gasteiger partial charge in [0.25, 0.3) is 0 Å². The van der Waals surface area contributed by atoms with Crippen molar-refractivity contribution in [1.29, 1.82) is 10.7 Å². The molecule has 0 aliphatic carbocycles. The first-order valence-corrected chi connectivity index (χ1v) is 7.79. The van der Waals surface area contributed by atoms with Gasteiger partial charge in [-0.25, -0.2) is 8.78 Å². The second-order valence-electron chi connectivity index (χ2n) is 5.62. The first kappa shape index (κ1) is 17.5. The summed E-state index contributed by atoms with van der Waals surface area (Å²) in [5.74, 6) is -4.70. The monoisotopic (exact) mass is 360 g/mol. The first-order chi connectivity index (χ1) is 12.5. The van der Waals surface area contributed by atoms with Gasteiger partial charge >= 0.3 is 5.97 Å². The minimum atomic E-state index is -1.15. The predicted molar refractivity (Wildman–Crippen MR) is 84.6 cm³/mol. The number of nitrogens with zero attached hydrogens (tertiary/aromatic N) is 2. The number of aromatic amines is 1. The number of nitriles is 1. The zero-order valence-electron chi connectivity index (χ0n) is 13.7. The second-order valence-corrected chi connectivity index (χ2v) is 5.62. The number of H-pyrrole nitrogens is 1. The molecule has 0 amide bonds. The molecule has 0 bridgehead atoms.